The molecule has 0 aromatic carbocycles. The zero-order chi connectivity index (χ0) is 39.5. The van der Waals surface area contributed by atoms with Crippen LogP contribution in [0.1, 0.15) is 162 Å². The van der Waals surface area contributed by atoms with Crippen molar-refractivity contribution in [2.75, 3.05) is 19.8 Å². The van der Waals surface area contributed by atoms with Gasteiger partial charge in [0.05, 0.1) is 13.2 Å². The van der Waals surface area contributed by atoms with Crippen LogP contribution in [0, 0.1) is 0 Å². The van der Waals surface area contributed by atoms with Gasteiger partial charge >= 0.3 is 11.9 Å². The predicted octanol–water partition coefficient (Wildman–Crippen LogP) is 8.49. The maximum atomic E-state index is 12.7. The summed E-state index contributed by atoms with van der Waals surface area (Å²) in [5.74, 6) is -0.843. The summed E-state index contributed by atoms with van der Waals surface area (Å²) in [4.78, 5) is 25.2. The van der Waals surface area contributed by atoms with Gasteiger partial charge in [-0.1, -0.05) is 127 Å². The average molecular weight is 765 g/mol. The minimum Gasteiger partial charge on any atom is -0.462 e. The molecular formula is C44H76O10. The zero-order valence-corrected chi connectivity index (χ0v) is 33.7. The molecule has 10 nitrogen and oxygen atoms in total. The second-order valence-corrected chi connectivity index (χ2v) is 14.4. The number of rotatable bonds is 34. The summed E-state index contributed by atoms with van der Waals surface area (Å²) in [6, 6.07) is 0. The van der Waals surface area contributed by atoms with Crippen LogP contribution in [0.3, 0.4) is 0 Å². The molecule has 0 bridgehead atoms. The smallest absolute Gasteiger partial charge is 0.306 e. The maximum absolute atomic E-state index is 12.7. The fraction of sp³-hybridized carbons (Fsp3) is 0.773. The van der Waals surface area contributed by atoms with E-state index < -0.39 is 55.4 Å². The van der Waals surface area contributed by atoms with Crippen molar-refractivity contribution < 1.29 is 49.0 Å². The Kier molecular flexibility index (Phi) is 32.3. The first kappa shape index (κ1) is 49.7. The third kappa shape index (κ3) is 26.5. The highest BCUT2D eigenvalue weighted by Gasteiger charge is 2.44. The van der Waals surface area contributed by atoms with Gasteiger partial charge in [-0.2, -0.15) is 0 Å². The molecule has 4 N–H and O–H groups in total. The molecule has 1 aliphatic rings. The molecule has 0 aliphatic carbocycles. The lowest BCUT2D eigenvalue weighted by Crippen LogP contribution is -2.59. The van der Waals surface area contributed by atoms with E-state index in [1.807, 2.05) is 0 Å². The van der Waals surface area contributed by atoms with Crippen LogP contribution >= 0.6 is 0 Å². The molecule has 54 heavy (non-hydrogen) atoms. The Morgan fingerprint density at radius 2 is 1.07 bits per heavy atom. The number of aliphatic hydroxyl groups excluding tert-OH is 4. The van der Waals surface area contributed by atoms with E-state index in [0.717, 1.165) is 83.5 Å². The maximum Gasteiger partial charge on any atom is 0.306 e. The summed E-state index contributed by atoms with van der Waals surface area (Å²) in [6.45, 7) is 3.29. The van der Waals surface area contributed by atoms with Crippen molar-refractivity contribution in [1.82, 2.24) is 0 Å². The Morgan fingerprint density at radius 1 is 0.574 bits per heavy atom. The highest BCUT2D eigenvalue weighted by atomic mass is 16.7. The van der Waals surface area contributed by atoms with Crippen molar-refractivity contribution in [3.63, 3.8) is 0 Å². The Morgan fingerprint density at radius 3 is 1.61 bits per heavy atom. The quantitative estimate of drug-likeness (QED) is 0.0285. The second-order valence-electron chi connectivity index (χ2n) is 14.4. The van der Waals surface area contributed by atoms with E-state index in [4.69, 9.17) is 18.9 Å². The summed E-state index contributed by atoms with van der Waals surface area (Å²) in [7, 11) is 0. The van der Waals surface area contributed by atoms with Crippen LogP contribution in [0.5, 0.6) is 0 Å². The lowest BCUT2D eigenvalue weighted by Gasteiger charge is -2.39. The number of carbonyl (C=O) groups is 2. The van der Waals surface area contributed by atoms with Crippen molar-refractivity contribution in [3.8, 4) is 0 Å². The number of aliphatic hydroxyl groups is 4. The van der Waals surface area contributed by atoms with Crippen molar-refractivity contribution in [2.45, 2.75) is 198 Å². The second kappa shape index (κ2) is 35.1. The lowest BCUT2D eigenvalue weighted by molar-refractivity contribution is -0.305. The minimum absolute atomic E-state index is 0.209. The molecule has 0 aromatic rings. The number of carbonyl (C=O) groups excluding carboxylic acids is 2. The number of hydrogen-bond acceptors (Lipinski definition) is 10. The molecule has 1 rings (SSSR count). The van der Waals surface area contributed by atoms with Crippen molar-refractivity contribution in [3.05, 3.63) is 48.6 Å². The van der Waals surface area contributed by atoms with Crippen LogP contribution in [0.15, 0.2) is 48.6 Å². The van der Waals surface area contributed by atoms with Crippen LogP contribution in [0.25, 0.3) is 0 Å². The van der Waals surface area contributed by atoms with Gasteiger partial charge in [-0.3, -0.25) is 9.59 Å². The number of hydrogen-bond donors (Lipinski definition) is 4. The van der Waals surface area contributed by atoms with Crippen LogP contribution in [0.4, 0.5) is 0 Å². The first-order valence-electron chi connectivity index (χ1n) is 21.2. The minimum atomic E-state index is -1.60. The normalized spacial score (nSPS) is 21.2. The molecular weight excluding hydrogens is 688 g/mol. The molecule has 6 unspecified atom stereocenters. The topological polar surface area (TPSA) is 152 Å². The molecule has 312 valence electrons. The summed E-state index contributed by atoms with van der Waals surface area (Å²) in [5.41, 5.74) is 0. The van der Waals surface area contributed by atoms with Crippen molar-refractivity contribution in [1.29, 1.82) is 0 Å². The van der Waals surface area contributed by atoms with Crippen LogP contribution in [0.2, 0.25) is 0 Å². The van der Waals surface area contributed by atoms with Crippen molar-refractivity contribution in [2.24, 2.45) is 0 Å². The van der Waals surface area contributed by atoms with Crippen LogP contribution < -0.4 is 0 Å². The van der Waals surface area contributed by atoms with E-state index >= 15 is 0 Å². The summed E-state index contributed by atoms with van der Waals surface area (Å²) in [5, 5.41) is 40.0. The van der Waals surface area contributed by atoms with Gasteiger partial charge in [0.25, 0.3) is 0 Å². The Hall–Kier alpha value is -2.34. The monoisotopic (exact) mass is 765 g/mol. The van der Waals surface area contributed by atoms with Gasteiger partial charge in [-0.15, -0.1) is 0 Å². The number of unbranched alkanes of at least 4 members (excludes halogenated alkanes) is 15. The van der Waals surface area contributed by atoms with Gasteiger partial charge in [0.1, 0.15) is 31.0 Å². The van der Waals surface area contributed by atoms with Gasteiger partial charge in [-0.25, -0.2) is 0 Å². The standard InChI is InChI=1S/C44H76O10/c1-3-5-7-9-11-13-15-17-18-19-21-23-25-27-29-31-33-40(47)53-37(36-52-44-43(50)42(49)41(48)38(34-45)54-44)35-51-39(46)32-30-28-26-24-22-20-16-14-12-10-8-6-4-2/h8,10,13-16,18-19,37-38,41-45,48-50H,3-7,9,11-12,17,20-36H2,1-2H3/b10-8-,15-13-,16-14-,19-18-. The number of esters is 2. The highest BCUT2D eigenvalue weighted by molar-refractivity contribution is 5.70. The largest absolute Gasteiger partial charge is 0.462 e. The fourth-order valence-corrected chi connectivity index (χ4v) is 6.02. The third-order valence-corrected chi connectivity index (χ3v) is 9.42. The number of allylic oxidation sites excluding steroid dienone is 8. The van der Waals surface area contributed by atoms with Gasteiger partial charge in [0.15, 0.2) is 12.4 Å². The van der Waals surface area contributed by atoms with Gasteiger partial charge in [0, 0.05) is 12.8 Å². The molecule has 10 heteroatoms. The van der Waals surface area contributed by atoms with Gasteiger partial charge < -0.3 is 39.4 Å². The van der Waals surface area contributed by atoms with Crippen LogP contribution in [-0.2, 0) is 28.5 Å². The zero-order valence-electron chi connectivity index (χ0n) is 33.7. The summed E-state index contributed by atoms with van der Waals surface area (Å²) < 4.78 is 22.1. The molecule has 0 saturated carbocycles. The lowest BCUT2D eigenvalue weighted by atomic mass is 9.99. The molecule has 1 fully saturated rings. The van der Waals surface area contributed by atoms with E-state index in [2.05, 4.69) is 62.5 Å². The highest BCUT2D eigenvalue weighted by Crippen LogP contribution is 2.22. The Balaban J connectivity index is 2.38. The third-order valence-electron chi connectivity index (χ3n) is 9.42. The van der Waals surface area contributed by atoms with Crippen molar-refractivity contribution >= 4 is 11.9 Å². The van der Waals surface area contributed by atoms with E-state index in [0.29, 0.717) is 12.8 Å². The molecule has 0 aromatic heterocycles. The molecule has 6 atom stereocenters. The molecule has 1 heterocycles. The Labute approximate surface area is 327 Å². The first-order chi connectivity index (χ1) is 26.3. The number of ether oxygens (including phenoxy) is 4. The SMILES string of the molecule is CCC/C=C\C/C=C\CCCCCCCC(=O)OCC(COC1OC(CO)C(O)C(O)C1O)OC(=O)CCCCCCC/C=C\C/C=C\CCCCCC. The first-order valence-corrected chi connectivity index (χ1v) is 21.2. The van der Waals surface area contributed by atoms with Gasteiger partial charge in [-0.05, 0) is 70.6 Å². The predicted molar refractivity (Wildman–Crippen MR) is 215 cm³/mol. The van der Waals surface area contributed by atoms with E-state index in [1.165, 1.54) is 38.5 Å². The fourth-order valence-electron chi connectivity index (χ4n) is 6.02. The summed E-state index contributed by atoms with van der Waals surface area (Å²) >= 11 is 0. The molecule has 0 amide bonds. The molecule has 0 radical (unpaired) electrons. The molecule has 0 spiro atoms. The van der Waals surface area contributed by atoms with E-state index in [-0.39, 0.29) is 26.1 Å². The van der Waals surface area contributed by atoms with E-state index in [9.17, 15) is 30.0 Å². The van der Waals surface area contributed by atoms with Gasteiger partial charge in [0.2, 0.25) is 0 Å². The molecule has 1 saturated heterocycles. The Bertz CT molecular complexity index is 1020. The van der Waals surface area contributed by atoms with Crippen LogP contribution in [-0.4, -0.2) is 89.0 Å². The molecule has 1 aliphatic heterocycles. The summed E-state index contributed by atoms with van der Waals surface area (Å²) in [6.07, 6.45) is 32.6. The average Bonchev–Trinajstić information content (AvgIpc) is 3.17. The van der Waals surface area contributed by atoms with E-state index in [1.54, 1.807) is 0 Å².